The van der Waals surface area contributed by atoms with Crippen molar-refractivity contribution >= 4 is 52.2 Å². The van der Waals surface area contributed by atoms with Crippen molar-refractivity contribution in [3.05, 3.63) is 98.7 Å². The number of nitrogens with one attached hydrogen (secondary N) is 2. The van der Waals surface area contributed by atoms with E-state index in [1.165, 1.54) is 36.4 Å². The van der Waals surface area contributed by atoms with Crippen LogP contribution in [0.25, 0.3) is 0 Å². The maximum atomic E-state index is 13.8. The molecule has 0 saturated carbocycles. The zero-order valence-electron chi connectivity index (χ0n) is 20.5. The lowest BCUT2D eigenvalue weighted by Crippen LogP contribution is -2.32. The van der Waals surface area contributed by atoms with Crippen LogP contribution in [-0.4, -0.2) is 39.7 Å². The van der Waals surface area contributed by atoms with Crippen molar-refractivity contribution in [2.75, 3.05) is 16.8 Å². The number of anilines is 2. The van der Waals surface area contributed by atoms with Crippen LogP contribution in [0, 0.1) is 11.7 Å². The monoisotopic (exact) mass is 577 g/mol. The number of phenolic OH excluding ortho intramolecular Hbond substituents is 1. The Kier molecular flexibility index (Phi) is 6.64. The standard InChI is InChI=1S/C28H20FN3O6S2/c29-14-5-9-16(10-6-14)32-26(35)22-21(23-25(31-28(37)40-23)39-24(22)27(32)36)18-3-1-2-4-19(18)38-13-20(34)30-15-7-11-17(33)12-8-15/h1-12,21-22,24,33H,13H2,(H,30,34)(H,31,37)/t21-,22-,24+/m0/s1. The fourth-order valence-corrected chi connectivity index (χ4v) is 7.46. The summed E-state index contributed by atoms with van der Waals surface area (Å²) in [5, 5.41) is 11.8. The van der Waals surface area contributed by atoms with E-state index in [1.807, 2.05) is 0 Å². The number of nitrogens with zero attached hydrogens (tertiary/aromatic N) is 1. The van der Waals surface area contributed by atoms with Gasteiger partial charge in [0.05, 0.1) is 16.6 Å². The molecule has 9 nitrogen and oxygen atoms in total. The molecule has 3 N–H and O–H groups in total. The molecule has 1 saturated heterocycles. The fourth-order valence-electron chi connectivity index (χ4n) is 4.95. The van der Waals surface area contributed by atoms with E-state index in [1.54, 1.807) is 36.4 Å². The predicted octanol–water partition coefficient (Wildman–Crippen LogP) is 4.09. The lowest BCUT2D eigenvalue weighted by atomic mass is 9.82. The second-order valence-corrected chi connectivity index (χ2v) is 11.3. The van der Waals surface area contributed by atoms with Crippen molar-refractivity contribution in [1.29, 1.82) is 0 Å². The number of para-hydroxylation sites is 1. The Morgan fingerprint density at radius 2 is 1.73 bits per heavy atom. The van der Waals surface area contributed by atoms with Gasteiger partial charge in [0, 0.05) is 22.0 Å². The molecule has 1 fully saturated rings. The van der Waals surface area contributed by atoms with Gasteiger partial charge in [-0.2, -0.15) is 0 Å². The van der Waals surface area contributed by atoms with Crippen LogP contribution < -0.4 is 19.8 Å². The highest BCUT2D eigenvalue weighted by molar-refractivity contribution is 8.00. The molecule has 0 spiro atoms. The first-order valence-electron chi connectivity index (χ1n) is 12.1. The Balaban J connectivity index is 1.33. The lowest BCUT2D eigenvalue weighted by Gasteiger charge is -2.30. The average Bonchev–Trinajstić information content (AvgIpc) is 3.44. The van der Waals surface area contributed by atoms with E-state index in [0.29, 0.717) is 26.9 Å². The first-order valence-corrected chi connectivity index (χ1v) is 13.8. The average molecular weight is 578 g/mol. The Bertz CT molecular complexity index is 1690. The van der Waals surface area contributed by atoms with Gasteiger partial charge in [0.25, 0.3) is 5.91 Å². The van der Waals surface area contributed by atoms with Crippen LogP contribution in [0.1, 0.15) is 16.4 Å². The molecule has 0 radical (unpaired) electrons. The van der Waals surface area contributed by atoms with Gasteiger partial charge in [0.1, 0.15) is 22.6 Å². The van der Waals surface area contributed by atoms with Crippen LogP contribution in [0.5, 0.6) is 11.5 Å². The lowest BCUT2D eigenvalue weighted by molar-refractivity contribution is -0.122. The molecule has 3 aromatic carbocycles. The molecule has 3 atom stereocenters. The number of carbonyl (C=O) groups excluding carboxylic acids is 3. The molecule has 0 bridgehead atoms. The number of aromatic nitrogens is 1. The number of aromatic amines is 1. The SMILES string of the molecule is O=C(COc1ccccc1[C@@H]1c2sc(=O)[nH]c2S[C@H]2C(=O)N(c3ccc(F)cc3)C(=O)[C@@H]12)Nc1ccc(O)cc1. The summed E-state index contributed by atoms with van der Waals surface area (Å²) >= 11 is 2.09. The van der Waals surface area contributed by atoms with Crippen LogP contribution in [0.4, 0.5) is 15.8 Å². The largest absolute Gasteiger partial charge is 0.508 e. The first-order chi connectivity index (χ1) is 19.3. The van der Waals surface area contributed by atoms with Gasteiger partial charge in [-0.25, -0.2) is 9.29 Å². The van der Waals surface area contributed by atoms with E-state index in [0.717, 1.165) is 28.0 Å². The number of thioether (sulfide) groups is 1. The Morgan fingerprint density at radius 3 is 2.48 bits per heavy atom. The summed E-state index contributed by atoms with van der Waals surface area (Å²) in [6, 6.07) is 18.0. The maximum absolute atomic E-state index is 13.8. The highest BCUT2D eigenvalue weighted by atomic mass is 32.2. The molecule has 2 aliphatic heterocycles. The minimum atomic E-state index is -0.864. The van der Waals surface area contributed by atoms with Crippen molar-refractivity contribution in [3.63, 3.8) is 0 Å². The highest BCUT2D eigenvalue weighted by Crippen LogP contribution is 2.54. The fraction of sp³-hybridized carbons (Fsp3) is 0.143. The number of fused-ring (bicyclic) bond motifs is 2. The number of rotatable bonds is 6. The number of hydrogen-bond donors (Lipinski definition) is 3. The third kappa shape index (κ3) is 4.65. The summed E-state index contributed by atoms with van der Waals surface area (Å²) in [6.07, 6.45) is 0. The number of ether oxygens (including phenoxy) is 1. The Hall–Kier alpha value is -4.42. The smallest absolute Gasteiger partial charge is 0.305 e. The van der Waals surface area contributed by atoms with Gasteiger partial charge in [-0.3, -0.25) is 19.2 Å². The number of H-pyrrole nitrogens is 1. The van der Waals surface area contributed by atoms with Gasteiger partial charge in [-0.1, -0.05) is 41.3 Å². The molecular formula is C28H20FN3O6S2. The van der Waals surface area contributed by atoms with Crippen LogP contribution in [0.3, 0.4) is 0 Å². The topological polar surface area (TPSA) is 129 Å². The molecular weight excluding hydrogens is 557 g/mol. The molecule has 1 aromatic heterocycles. The molecule has 4 aromatic rings. The Labute approximate surface area is 234 Å². The van der Waals surface area contributed by atoms with E-state index in [2.05, 4.69) is 10.3 Å². The van der Waals surface area contributed by atoms with E-state index in [-0.39, 0.29) is 22.9 Å². The van der Waals surface area contributed by atoms with Gasteiger partial charge in [-0.05, 0) is 54.6 Å². The second kappa shape index (κ2) is 10.3. The van der Waals surface area contributed by atoms with Crippen molar-refractivity contribution in [2.24, 2.45) is 5.92 Å². The molecule has 3 heterocycles. The zero-order chi connectivity index (χ0) is 28.0. The zero-order valence-corrected chi connectivity index (χ0v) is 22.1. The molecule has 12 heteroatoms. The van der Waals surface area contributed by atoms with E-state index in [9.17, 15) is 28.7 Å². The van der Waals surface area contributed by atoms with Gasteiger partial charge in [-0.15, -0.1) is 0 Å². The third-order valence-corrected chi connectivity index (χ3v) is 9.07. The summed E-state index contributed by atoms with van der Waals surface area (Å²) in [5.74, 6) is -3.04. The van der Waals surface area contributed by atoms with E-state index < -0.39 is 40.6 Å². The molecule has 2 aliphatic rings. The van der Waals surface area contributed by atoms with Crippen LogP contribution >= 0.6 is 23.1 Å². The van der Waals surface area contributed by atoms with E-state index >= 15 is 0 Å². The number of imide groups is 1. The minimum Gasteiger partial charge on any atom is -0.508 e. The number of hydrogen-bond acceptors (Lipinski definition) is 8. The summed E-state index contributed by atoms with van der Waals surface area (Å²) in [5.41, 5.74) is 1.29. The van der Waals surface area contributed by atoms with Gasteiger partial charge >= 0.3 is 4.87 Å². The van der Waals surface area contributed by atoms with Crippen LogP contribution in [0.2, 0.25) is 0 Å². The summed E-state index contributed by atoms with van der Waals surface area (Å²) < 4.78 is 19.5. The van der Waals surface area contributed by atoms with E-state index in [4.69, 9.17) is 4.74 Å². The minimum absolute atomic E-state index is 0.0662. The number of benzene rings is 3. The van der Waals surface area contributed by atoms with Gasteiger partial charge < -0.3 is 20.1 Å². The number of halogens is 1. The van der Waals surface area contributed by atoms with Crippen LogP contribution in [-0.2, 0) is 14.4 Å². The summed E-state index contributed by atoms with van der Waals surface area (Å²) in [4.78, 5) is 56.4. The molecule has 40 heavy (non-hydrogen) atoms. The van der Waals surface area contributed by atoms with Crippen LogP contribution in [0.15, 0.2) is 82.6 Å². The molecule has 0 aliphatic carbocycles. The van der Waals surface area contributed by atoms with Gasteiger partial charge in [0.15, 0.2) is 6.61 Å². The normalized spacial score (nSPS) is 19.7. The van der Waals surface area contributed by atoms with Gasteiger partial charge in [0.2, 0.25) is 11.8 Å². The van der Waals surface area contributed by atoms with Crippen molar-refractivity contribution < 1.29 is 28.6 Å². The van der Waals surface area contributed by atoms with Crippen molar-refractivity contribution in [3.8, 4) is 11.5 Å². The first kappa shape index (κ1) is 25.8. The third-order valence-electron chi connectivity index (χ3n) is 6.67. The quantitative estimate of drug-likeness (QED) is 0.233. The molecule has 202 valence electrons. The van der Waals surface area contributed by atoms with Crippen molar-refractivity contribution in [2.45, 2.75) is 16.2 Å². The molecule has 3 amide bonds. The predicted molar refractivity (Wildman–Crippen MR) is 147 cm³/mol. The summed E-state index contributed by atoms with van der Waals surface area (Å²) in [7, 11) is 0. The number of phenols is 1. The number of aromatic hydroxyl groups is 1. The number of amides is 3. The Morgan fingerprint density at radius 1 is 1.00 bits per heavy atom. The number of thiazole rings is 1. The second-order valence-electron chi connectivity index (χ2n) is 9.16. The highest BCUT2D eigenvalue weighted by Gasteiger charge is 2.56. The molecule has 6 rings (SSSR count). The number of carbonyl (C=O) groups is 3. The summed E-state index contributed by atoms with van der Waals surface area (Å²) in [6.45, 7) is -0.349. The van der Waals surface area contributed by atoms with Crippen molar-refractivity contribution in [1.82, 2.24) is 4.98 Å². The molecule has 0 unspecified atom stereocenters. The maximum Gasteiger partial charge on any atom is 0.305 e.